The van der Waals surface area contributed by atoms with Gasteiger partial charge in [-0.3, -0.25) is 9.59 Å². The van der Waals surface area contributed by atoms with Crippen LogP contribution in [0.4, 0.5) is 0 Å². The monoisotopic (exact) mass is 525 g/mol. The van der Waals surface area contributed by atoms with Crippen LogP contribution in [0.1, 0.15) is 43.4 Å². The number of rotatable bonds is 9. The van der Waals surface area contributed by atoms with Crippen molar-refractivity contribution in [3.8, 4) is 5.75 Å². The van der Waals surface area contributed by atoms with Crippen molar-refractivity contribution in [2.45, 2.75) is 56.8 Å². The van der Waals surface area contributed by atoms with Crippen molar-refractivity contribution < 1.29 is 31.7 Å². The number of benzene rings is 3. The Morgan fingerprint density at radius 1 is 0.892 bits per heavy atom. The molecule has 0 amide bonds. The van der Waals surface area contributed by atoms with E-state index in [1.807, 2.05) is 25.1 Å². The Labute approximate surface area is 217 Å². The smallest absolute Gasteiger partial charge is 0.339 e. The molecule has 0 aliphatic heterocycles. The van der Waals surface area contributed by atoms with Gasteiger partial charge in [-0.05, 0) is 63.1 Å². The molecule has 196 valence electrons. The van der Waals surface area contributed by atoms with Crippen molar-refractivity contribution in [1.29, 1.82) is 0 Å². The van der Waals surface area contributed by atoms with Crippen LogP contribution in [0, 0.1) is 6.92 Å². The second kappa shape index (κ2) is 11.6. The summed E-state index contributed by atoms with van der Waals surface area (Å²) in [6.07, 6.45) is 0. The molecule has 0 heterocycles. The molecule has 8 nitrogen and oxygen atoms in total. The number of nitrogens with two attached hydrogens (primary N) is 1. The highest BCUT2D eigenvalue weighted by molar-refractivity contribution is 7.87. The van der Waals surface area contributed by atoms with Gasteiger partial charge >= 0.3 is 22.1 Å². The standard InChI is InChI=1S/C28H31NO7S/c1-19-13-15-23(16-14-19)37(32,33)36-22-12-8-11-21(17-22)24(25(29)27(31)35-28(2,3)4)26(30)34-18-20-9-6-5-7-10-20/h5-17,24-25H,18,29H2,1-4H3. The molecule has 0 saturated carbocycles. The zero-order valence-electron chi connectivity index (χ0n) is 21.2. The van der Waals surface area contributed by atoms with Gasteiger partial charge in [-0.25, -0.2) is 0 Å². The first-order valence-electron chi connectivity index (χ1n) is 11.7. The maximum absolute atomic E-state index is 13.2. The molecule has 9 heteroatoms. The minimum atomic E-state index is -4.14. The summed E-state index contributed by atoms with van der Waals surface area (Å²) in [6, 6.07) is 19.7. The SMILES string of the molecule is Cc1ccc(S(=O)(=O)Oc2cccc(C(C(=O)OCc3ccccc3)C(N)C(=O)OC(C)(C)C)c2)cc1. The van der Waals surface area contributed by atoms with Gasteiger partial charge in [0.05, 0.1) is 0 Å². The summed E-state index contributed by atoms with van der Waals surface area (Å²) < 4.78 is 41.7. The van der Waals surface area contributed by atoms with Gasteiger partial charge in [-0.2, -0.15) is 8.42 Å². The molecular formula is C28H31NO7S. The van der Waals surface area contributed by atoms with Crippen LogP contribution >= 0.6 is 0 Å². The van der Waals surface area contributed by atoms with Crippen LogP contribution in [-0.4, -0.2) is 32.0 Å². The van der Waals surface area contributed by atoms with Crippen LogP contribution in [0.2, 0.25) is 0 Å². The number of hydrogen-bond acceptors (Lipinski definition) is 8. The summed E-state index contributed by atoms with van der Waals surface area (Å²) in [6.45, 7) is 6.86. The van der Waals surface area contributed by atoms with E-state index in [9.17, 15) is 18.0 Å². The molecule has 0 aromatic heterocycles. The van der Waals surface area contributed by atoms with Gasteiger partial charge in [0, 0.05) is 0 Å². The number of carbonyl (C=O) groups excluding carboxylic acids is 2. The first-order chi connectivity index (χ1) is 17.4. The third kappa shape index (κ3) is 7.90. The van der Waals surface area contributed by atoms with Crippen LogP contribution in [0.3, 0.4) is 0 Å². The second-order valence-electron chi connectivity index (χ2n) is 9.55. The Hall–Kier alpha value is -3.69. The molecule has 37 heavy (non-hydrogen) atoms. The fourth-order valence-corrected chi connectivity index (χ4v) is 4.38. The van der Waals surface area contributed by atoms with Crippen LogP contribution in [0.5, 0.6) is 5.75 Å². The summed E-state index contributed by atoms with van der Waals surface area (Å²) in [4.78, 5) is 26.0. The van der Waals surface area contributed by atoms with Crippen LogP contribution in [0.15, 0.2) is 83.8 Å². The highest BCUT2D eigenvalue weighted by Crippen LogP contribution is 2.28. The molecule has 3 aromatic rings. The lowest BCUT2D eigenvalue weighted by atomic mass is 9.91. The van der Waals surface area contributed by atoms with Gasteiger partial charge in [0.1, 0.15) is 34.8 Å². The fraction of sp³-hybridized carbons (Fsp3) is 0.286. The van der Waals surface area contributed by atoms with Crippen LogP contribution in [-0.2, 0) is 35.8 Å². The zero-order valence-corrected chi connectivity index (χ0v) is 22.0. The Bertz CT molecular complexity index is 1330. The fourth-order valence-electron chi connectivity index (χ4n) is 3.45. The summed E-state index contributed by atoms with van der Waals surface area (Å²) in [5.74, 6) is -2.88. The molecule has 0 saturated heterocycles. The van der Waals surface area contributed by atoms with E-state index in [2.05, 4.69) is 0 Å². The lowest BCUT2D eigenvalue weighted by Gasteiger charge is -2.26. The molecule has 2 atom stereocenters. The number of aryl methyl sites for hydroxylation is 1. The molecule has 0 fully saturated rings. The largest absolute Gasteiger partial charge is 0.460 e. The third-order valence-electron chi connectivity index (χ3n) is 5.25. The molecule has 0 radical (unpaired) electrons. The second-order valence-corrected chi connectivity index (χ2v) is 11.1. The molecule has 3 aromatic carbocycles. The van der Waals surface area contributed by atoms with Gasteiger partial charge in [0.2, 0.25) is 0 Å². The quantitative estimate of drug-likeness (QED) is 0.325. The van der Waals surface area contributed by atoms with Gasteiger partial charge in [0.15, 0.2) is 0 Å². The Morgan fingerprint density at radius 3 is 2.16 bits per heavy atom. The molecular weight excluding hydrogens is 494 g/mol. The summed E-state index contributed by atoms with van der Waals surface area (Å²) in [5, 5.41) is 0. The van der Waals surface area contributed by atoms with E-state index < -0.39 is 39.6 Å². The highest BCUT2D eigenvalue weighted by atomic mass is 32.2. The van der Waals surface area contributed by atoms with E-state index in [4.69, 9.17) is 19.4 Å². The van der Waals surface area contributed by atoms with E-state index in [1.54, 1.807) is 51.1 Å². The lowest BCUT2D eigenvalue weighted by Crippen LogP contribution is -2.44. The number of esters is 2. The van der Waals surface area contributed by atoms with Gasteiger partial charge in [-0.1, -0.05) is 60.2 Å². The molecule has 2 N–H and O–H groups in total. The van der Waals surface area contributed by atoms with Gasteiger partial charge in [0.25, 0.3) is 0 Å². The predicted octanol–water partition coefficient (Wildman–Crippen LogP) is 4.26. The zero-order chi connectivity index (χ0) is 27.2. The van der Waals surface area contributed by atoms with E-state index in [1.165, 1.54) is 30.3 Å². The summed E-state index contributed by atoms with van der Waals surface area (Å²) in [5.41, 5.74) is 7.28. The average molecular weight is 526 g/mol. The molecule has 0 aliphatic rings. The van der Waals surface area contributed by atoms with Gasteiger partial charge in [-0.15, -0.1) is 0 Å². The van der Waals surface area contributed by atoms with Crippen molar-refractivity contribution in [2.24, 2.45) is 5.73 Å². The number of ether oxygens (including phenoxy) is 2. The third-order valence-corrected chi connectivity index (χ3v) is 6.51. The van der Waals surface area contributed by atoms with Crippen molar-refractivity contribution in [1.82, 2.24) is 0 Å². The Kier molecular flexibility index (Phi) is 8.73. The van der Waals surface area contributed by atoms with E-state index in [0.29, 0.717) is 0 Å². The molecule has 3 rings (SSSR count). The highest BCUT2D eigenvalue weighted by Gasteiger charge is 2.37. The van der Waals surface area contributed by atoms with E-state index >= 15 is 0 Å². The van der Waals surface area contributed by atoms with Crippen molar-refractivity contribution >= 4 is 22.1 Å². The normalized spacial score (nSPS) is 13.3. The first-order valence-corrected chi connectivity index (χ1v) is 13.1. The van der Waals surface area contributed by atoms with Gasteiger partial charge < -0.3 is 19.4 Å². The van der Waals surface area contributed by atoms with Crippen molar-refractivity contribution in [3.05, 3.63) is 95.6 Å². The molecule has 0 bridgehead atoms. The molecule has 2 unspecified atom stereocenters. The van der Waals surface area contributed by atoms with Crippen LogP contribution < -0.4 is 9.92 Å². The summed E-state index contributed by atoms with van der Waals surface area (Å²) in [7, 11) is -4.14. The van der Waals surface area contributed by atoms with Crippen molar-refractivity contribution in [3.63, 3.8) is 0 Å². The number of carbonyl (C=O) groups is 2. The van der Waals surface area contributed by atoms with E-state index in [-0.39, 0.29) is 22.8 Å². The van der Waals surface area contributed by atoms with Crippen LogP contribution in [0.25, 0.3) is 0 Å². The maximum Gasteiger partial charge on any atom is 0.339 e. The van der Waals surface area contributed by atoms with E-state index in [0.717, 1.165) is 11.1 Å². The first kappa shape index (κ1) is 27.9. The van der Waals surface area contributed by atoms with Crippen molar-refractivity contribution in [2.75, 3.05) is 0 Å². The Morgan fingerprint density at radius 2 is 1.54 bits per heavy atom. The number of hydrogen-bond donors (Lipinski definition) is 1. The predicted molar refractivity (Wildman–Crippen MR) is 138 cm³/mol. The Balaban J connectivity index is 1.90. The average Bonchev–Trinajstić information content (AvgIpc) is 2.82. The molecule has 0 aliphatic carbocycles. The topological polar surface area (TPSA) is 122 Å². The minimum absolute atomic E-state index is 0.0206. The molecule has 0 spiro atoms. The minimum Gasteiger partial charge on any atom is -0.460 e. The summed E-state index contributed by atoms with van der Waals surface area (Å²) >= 11 is 0. The maximum atomic E-state index is 13.2. The lowest BCUT2D eigenvalue weighted by molar-refractivity contribution is -0.161.